The van der Waals surface area contributed by atoms with Crippen LogP contribution in [0.3, 0.4) is 0 Å². The number of carbonyl (C=O) groups is 1. The molecule has 1 fully saturated rings. The molecule has 0 aliphatic heterocycles. The molecule has 1 nitrogen and oxygen atoms in total. The molecule has 1 aliphatic rings. The highest BCUT2D eigenvalue weighted by Crippen LogP contribution is 2.44. The highest BCUT2D eigenvalue weighted by atomic mass is 35.5. The highest BCUT2D eigenvalue weighted by Gasteiger charge is 2.40. The highest BCUT2D eigenvalue weighted by molar-refractivity contribution is 7.18. The third-order valence-corrected chi connectivity index (χ3v) is 4.75. The first-order valence-corrected chi connectivity index (χ1v) is 6.67. The second-order valence-electron chi connectivity index (χ2n) is 4.27. The summed E-state index contributed by atoms with van der Waals surface area (Å²) < 4.78 is 0.711. The largest absolute Gasteiger partial charge is 0.293 e. The zero-order valence-electron chi connectivity index (χ0n) is 8.88. The van der Waals surface area contributed by atoms with Gasteiger partial charge in [-0.25, -0.2) is 0 Å². The van der Waals surface area contributed by atoms with Crippen LogP contribution in [-0.4, -0.2) is 5.78 Å². The Bertz CT molecular complexity index is 363. The number of halogens is 1. The predicted octanol–water partition coefficient (Wildman–Crippen LogP) is 4.55. The minimum atomic E-state index is -0.0752. The standard InChI is InChI=1S/C12H15ClOS/c1-2-12(7-3-4-8-12)11(14)9-5-6-10(13)15-9/h5-6H,2-4,7-8H2,1H3. The fourth-order valence-corrected chi connectivity index (χ4v) is 3.59. The van der Waals surface area contributed by atoms with E-state index in [0.29, 0.717) is 10.1 Å². The molecule has 0 saturated heterocycles. The van der Waals surface area contributed by atoms with Gasteiger partial charge < -0.3 is 0 Å². The lowest BCUT2D eigenvalue weighted by molar-refractivity contribution is 0.0796. The molecule has 0 atom stereocenters. The number of hydrogen-bond donors (Lipinski definition) is 0. The molecule has 1 heterocycles. The lowest BCUT2D eigenvalue weighted by atomic mass is 9.78. The molecule has 0 spiro atoms. The van der Waals surface area contributed by atoms with E-state index >= 15 is 0 Å². The van der Waals surface area contributed by atoms with Crippen LogP contribution in [0.2, 0.25) is 4.34 Å². The van der Waals surface area contributed by atoms with Crippen LogP contribution in [0.15, 0.2) is 12.1 Å². The minimum Gasteiger partial charge on any atom is -0.293 e. The van der Waals surface area contributed by atoms with Gasteiger partial charge in [0.25, 0.3) is 0 Å². The van der Waals surface area contributed by atoms with Gasteiger partial charge in [0.15, 0.2) is 5.78 Å². The van der Waals surface area contributed by atoms with Gasteiger partial charge in [0.2, 0.25) is 0 Å². The second-order valence-corrected chi connectivity index (χ2v) is 5.99. The maximum absolute atomic E-state index is 12.4. The van der Waals surface area contributed by atoms with Crippen LogP contribution in [0.5, 0.6) is 0 Å². The SMILES string of the molecule is CCC1(C(=O)c2ccc(Cl)s2)CCCC1. The molecule has 1 aromatic rings. The normalized spacial score (nSPS) is 19.3. The van der Waals surface area contributed by atoms with E-state index in [1.54, 1.807) is 0 Å². The van der Waals surface area contributed by atoms with Crippen LogP contribution < -0.4 is 0 Å². The van der Waals surface area contributed by atoms with Crippen molar-refractivity contribution >= 4 is 28.7 Å². The summed E-state index contributed by atoms with van der Waals surface area (Å²) >= 11 is 7.28. The summed E-state index contributed by atoms with van der Waals surface area (Å²) in [4.78, 5) is 13.2. The smallest absolute Gasteiger partial charge is 0.178 e. The molecule has 0 bridgehead atoms. The Labute approximate surface area is 99.5 Å². The Hall–Kier alpha value is -0.340. The van der Waals surface area contributed by atoms with E-state index in [1.807, 2.05) is 12.1 Å². The van der Waals surface area contributed by atoms with E-state index in [2.05, 4.69) is 6.92 Å². The number of rotatable bonds is 3. The van der Waals surface area contributed by atoms with E-state index < -0.39 is 0 Å². The Balaban J connectivity index is 2.26. The average molecular weight is 243 g/mol. The van der Waals surface area contributed by atoms with Crippen molar-refractivity contribution in [2.24, 2.45) is 5.41 Å². The molecular weight excluding hydrogens is 228 g/mol. The van der Waals surface area contributed by atoms with Crippen molar-refractivity contribution < 1.29 is 4.79 Å². The van der Waals surface area contributed by atoms with Crippen molar-refractivity contribution in [3.05, 3.63) is 21.3 Å². The monoisotopic (exact) mass is 242 g/mol. The molecule has 15 heavy (non-hydrogen) atoms. The summed E-state index contributed by atoms with van der Waals surface area (Å²) in [6.45, 7) is 2.12. The number of hydrogen-bond acceptors (Lipinski definition) is 2. The van der Waals surface area contributed by atoms with Gasteiger partial charge in [-0.2, -0.15) is 0 Å². The number of thiophene rings is 1. The van der Waals surface area contributed by atoms with Crippen LogP contribution in [0.25, 0.3) is 0 Å². The Morgan fingerprint density at radius 2 is 2.13 bits per heavy atom. The van der Waals surface area contributed by atoms with Crippen molar-refractivity contribution in [2.45, 2.75) is 39.0 Å². The minimum absolute atomic E-state index is 0.0752. The molecule has 82 valence electrons. The van der Waals surface area contributed by atoms with Crippen molar-refractivity contribution in [1.29, 1.82) is 0 Å². The topological polar surface area (TPSA) is 17.1 Å². The first-order chi connectivity index (χ1) is 7.18. The van der Waals surface area contributed by atoms with E-state index in [4.69, 9.17) is 11.6 Å². The molecule has 0 unspecified atom stereocenters. The van der Waals surface area contributed by atoms with Gasteiger partial charge in [0.05, 0.1) is 9.21 Å². The molecule has 1 aromatic heterocycles. The molecule has 0 radical (unpaired) electrons. The summed E-state index contributed by atoms with van der Waals surface area (Å²) in [5.41, 5.74) is -0.0752. The van der Waals surface area contributed by atoms with Gasteiger partial charge in [-0.1, -0.05) is 31.4 Å². The molecule has 0 N–H and O–H groups in total. The molecule has 1 saturated carbocycles. The summed E-state index contributed by atoms with van der Waals surface area (Å²) in [6.07, 6.45) is 5.45. The van der Waals surface area contributed by atoms with Crippen LogP contribution >= 0.6 is 22.9 Å². The zero-order valence-corrected chi connectivity index (χ0v) is 10.5. The van der Waals surface area contributed by atoms with Gasteiger partial charge >= 0.3 is 0 Å². The van der Waals surface area contributed by atoms with E-state index in [0.717, 1.165) is 24.1 Å². The quantitative estimate of drug-likeness (QED) is 0.711. The van der Waals surface area contributed by atoms with Crippen LogP contribution in [0.4, 0.5) is 0 Å². The second kappa shape index (κ2) is 4.26. The maximum Gasteiger partial charge on any atom is 0.178 e. The average Bonchev–Trinajstić information content (AvgIpc) is 2.86. The maximum atomic E-state index is 12.4. The van der Waals surface area contributed by atoms with E-state index in [9.17, 15) is 4.79 Å². The van der Waals surface area contributed by atoms with Crippen LogP contribution in [0, 0.1) is 5.41 Å². The van der Waals surface area contributed by atoms with Crippen LogP contribution in [-0.2, 0) is 0 Å². The predicted molar refractivity (Wildman–Crippen MR) is 64.9 cm³/mol. The molecular formula is C12H15ClOS. The molecule has 2 rings (SSSR count). The van der Waals surface area contributed by atoms with Gasteiger partial charge in [0.1, 0.15) is 0 Å². The Morgan fingerprint density at radius 1 is 1.47 bits per heavy atom. The van der Waals surface area contributed by atoms with E-state index in [1.165, 1.54) is 24.2 Å². The van der Waals surface area contributed by atoms with Gasteiger partial charge in [0, 0.05) is 5.41 Å². The summed E-state index contributed by atoms with van der Waals surface area (Å²) in [6, 6.07) is 3.68. The Morgan fingerprint density at radius 3 is 2.60 bits per heavy atom. The number of Topliss-reactive ketones (excluding diaryl/α,β-unsaturated/α-hetero) is 1. The Kier molecular flexibility index (Phi) is 3.17. The van der Waals surface area contributed by atoms with Crippen molar-refractivity contribution in [3.63, 3.8) is 0 Å². The zero-order chi connectivity index (χ0) is 10.9. The third kappa shape index (κ3) is 1.98. The lowest BCUT2D eigenvalue weighted by Crippen LogP contribution is -2.26. The number of ketones is 1. The summed E-state index contributed by atoms with van der Waals surface area (Å²) in [5, 5.41) is 0. The third-order valence-electron chi connectivity index (χ3n) is 3.52. The number of carbonyl (C=O) groups excluding carboxylic acids is 1. The molecule has 0 aromatic carbocycles. The van der Waals surface area contributed by atoms with Crippen molar-refractivity contribution in [1.82, 2.24) is 0 Å². The summed E-state index contributed by atoms with van der Waals surface area (Å²) in [5.74, 6) is 0.319. The fourth-order valence-electron chi connectivity index (χ4n) is 2.49. The first-order valence-electron chi connectivity index (χ1n) is 5.48. The molecule has 0 amide bonds. The van der Waals surface area contributed by atoms with E-state index in [-0.39, 0.29) is 5.41 Å². The first kappa shape index (κ1) is 11.2. The fraction of sp³-hybridized carbons (Fsp3) is 0.583. The lowest BCUT2D eigenvalue weighted by Gasteiger charge is -2.24. The van der Waals surface area contributed by atoms with Crippen molar-refractivity contribution in [2.75, 3.05) is 0 Å². The van der Waals surface area contributed by atoms with Gasteiger partial charge in [-0.3, -0.25) is 4.79 Å². The van der Waals surface area contributed by atoms with Gasteiger partial charge in [-0.05, 0) is 31.4 Å². The molecule has 3 heteroatoms. The summed E-state index contributed by atoms with van der Waals surface area (Å²) in [7, 11) is 0. The van der Waals surface area contributed by atoms with Crippen LogP contribution in [0.1, 0.15) is 48.7 Å². The van der Waals surface area contributed by atoms with Gasteiger partial charge in [-0.15, -0.1) is 11.3 Å². The van der Waals surface area contributed by atoms with Crippen molar-refractivity contribution in [3.8, 4) is 0 Å². The molecule has 1 aliphatic carbocycles.